The smallest absolute Gasteiger partial charge is 0.254 e. The quantitative estimate of drug-likeness (QED) is 0.444. The van der Waals surface area contributed by atoms with E-state index in [4.69, 9.17) is 0 Å². The molecular weight excluding hydrogens is 404 g/mol. The molecule has 0 saturated carbocycles. The molecule has 0 fully saturated rings. The van der Waals surface area contributed by atoms with Crippen LogP contribution in [0, 0.1) is 6.92 Å². The highest BCUT2D eigenvalue weighted by Crippen LogP contribution is 2.20. The summed E-state index contributed by atoms with van der Waals surface area (Å²) in [5.41, 5.74) is 2.88. The van der Waals surface area contributed by atoms with Crippen LogP contribution in [0.5, 0.6) is 0 Å². The third-order valence-corrected chi connectivity index (χ3v) is 6.59. The average molecular weight is 435 g/mol. The van der Waals surface area contributed by atoms with Crippen molar-refractivity contribution in [3.63, 3.8) is 0 Å². The van der Waals surface area contributed by atoms with Gasteiger partial charge in [-0.2, -0.15) is 0 Å². The number of aryl methyl sites for hydroxylation is 1. The van der Waals surface area contributed by atoms with Crippen LogP contribution in [-0.4, -0.2) is 34.2 Å². The molecule has 162 valence electrons. The van der Waals surface area contributed by atoms with Crippen molar-refractivity contribution in [3.8, 4) is 0 Å². The van der Waals surface area contributed by atoms with Crippen molar-refractivity contribution in [2.45, 2.75) is 46.3 Å². The van der Waals surface area contributed by atoms with E-state index < -0.39 is 0 Å². The highest BCUT2D eigenvalue weighted by molar-refractivity contribution is 7.10. The zero-order valence-electron chi connectivity index (χ0n) is 18.5. The number of nitrogens with zero attached hydrogens (tertiary/aromatic N) is 2. The Morgan fingerprint density at radius 2 is 1.58 bits per heavy atom. The molecule has 0 N–H and O–H groups in total. The van der Waals surface area contributed by atoms with Crippen LogP contribution in [0.3, 0.4) is 0 Å². The molecule has 0 aliphatic heterocycles. The Bertz CT molecular complexity index is 985. The average Bonchev–Trinajstić information content (AvgIpc) is 3.21. The lowest BCUT2D eigenvalue weighted by Crippen LogP contribution is -2.46. The Balaban J connectivity index is 1.83. The van der Waals surface area contributed by atoms with E-state index in [0.717, 1.165) is 12.0 Å². The van der Waals surface area contributed by atoms with Gasteiger partial charge in [0.15, 0.2) is 0 Å². The first-order valence-electron chi connectivity index (χ1n) is 10.7. The maximum Gasteiger partial charge on any atom is 0.254 e. The largest absolute Gasteiger partial charge is 0.332 e. The lowest BCUT2D eigenvalue weighted by molar-refractivity contribution is -0.133. The maximum absolute atomic E-state index is 13.5. The molecule has 1 aromatic heterocycles. The van der Waals surface area contributed by atoms with Gasteiger partial charge in [0.2, 0.25) is 5.91 Å². The summed E-state index contributed by atoms with van der Waals surface area (Å²) >= 11 is 1.66. The third-order valence-electron chi connectivity index (χ3n) is 5.58. The number of benzene rings is 2. The molecule has 1 heterocycles. The molecule has 31 heavy (non-hydrogen) atoms. The fraction of sp³-hybridized carbons (Fsp3) is 0.308. The fourth-order valence-corrected chi connectivity index (χ4v) is 4.34. The second-order valence-electron chi connectivity index (χ2n) is 7.82. The van der Waals surface area contributed by atoms with Crippen LogP contribution in [0.15, 0.2) is 72.1 Å². The van der Waals surface area contributed by atoms with E-state index in [1.54, 1.807) is 28.4 Å². The first-order chi connectivity index (χ1) is 15.0. The Morgan fingerprint density at radius 1 is 0.935 bits per heavy atom. The van der Waals surface area contributed by atoms with E-state index >= 15 is 0 Å². The Hall–Kier alpha value is -2.92. The number of hydrogen-bond donors (Lipinski definition) is 0. The molecule has 3 aromatic rings. The second kappa shape index (κ2) is 10.9. The fourth-order valence-electron chi connectivity index (χ4n) is 3.42. The Kier molecular flexibility index (Phi) is 8.01. The summed E-state index contributed by atoms with van der Waals surface area (Å²) in [6, 6.07) is 21.3. The first-order valence-corrected chi connectivity index (χ1v) is 11.6. The standard InChI is InChI=1S/C26H30N2O2S/c1-4-21(3)28(26(30)23-13-9-6-10-14-23)19-25(29)27(17-22-11-7-5-8-12-22)18-24-20(2)15-16-31-24/h5-16,21H,4,17-19H2,1-3H3. The summed E-state index contributed by atoms with van der Waals surface area (Å²) in [5.74, 6) is -0.142. The van der Waals surface area contributed by atoms with Crippen LogP contribution in [0.25, 0.3) is 0 Å². The van der Waals surface area contributed by atoms with Gasteiger partial charge in [0.25, 0.3) is 5.91 Å². The molecule has 0 radical (unpaired) electrons. The van der Waals surface area contributed by atoms with Crippen molar-refractivity contribution in [2.75, 3.05) is 6.54 Å². The lowest BCUT2D eigenvalue weighted by Gasteiger charge is -2.31. The molecule has 2 amide bonds. The van der Waals surface area contributed by atoms with Crippen molar-refractivity contribution >= 4 is 23.2 Å². The van der Waals surface area contributed by atoms with Crippen LogP contribution in [-0.2, 0) is 17.9 Å². The molecule has 0 bridgehead atoms. The summed E-state index contributed by atoms with van der Waals surface area (Å²) in [7, 11) is 0. The van der Waals surface area contributed by atoms with Crippen LogP contribution in [0.1, 0.15) is 46.6 Å². The topological polar surface area (TPSA) is 40.6 Å². The summed E-state index contributed by atoms with van der Waals surface area (Å²) in [4.78, 5) is 31.4. The highest BCUT2D eigenvalue weighted by Gasteiger charge is 2.26. The van der Waals surface area contributed by atoms with Gasteiger partial charge in [-0.1, -0.05) is 55.5 Å². The van der Waals surface area contributed by atoms with Crippen molar-refractivity contribution in [1.29, 1.82) is 0 Å². The van der Waals surface area contributed by atoms with Crippen LogP contribution in [0.4, 0.5) is 0 Å². The zero-order valence-corrected chi connectivity index (χ0v) is 19.3. The van der Waals surface area contributed by atoms with E-state index in [-0.39, 0.29) is 24.4 Å². The first kappa shape index (κ1) is 22.8. The van der Waals surface area contributed by atoms with Gasteiger partial charge in [0.05, 0.1) is 6.54 Å². The minimum absolute atomic E-state index is 0.0290. The Labute approximate surface area is 189 Å². The van der Waals surface area contributed by atoms with Crippen LogP contribution >= 0.6 is 11.3 Å². The minimum atomic E-state index is -0.102. The van der Waals surface area contributed by atoms with Gasteiger partial charge in [-0.05, 0) is 55.0 Å². The predicted molar refractivity (Wildman–Crippen MR) is 127 cm³/mol. The highest BCUT2D eigenvalue weighted by atomic mass is 32.1. The molecule has 1 unspecified atom stereocenters. The molecular formula is C26H30N2O2S. The van der Waals surface area contributed by atoms with Gasteiger partial charge in [0, 0.05) is 23.0 Å². The molecule has 1 atom stereocenters. The van der Waals surface area contributed by atoms with Gasteiger partial charge in [0.1, 0.15) is 6.54 Å². The number of rotatable bonds is 9. The molecule has 0 aliphatic rings. The predicted octanol–water partition coefficient (Wildman–Crippen LogP) is 5.53. The van der Waals surface area contributed by atoms with Crippen molar-refractivity contribution in [1.82, 2.24) is 9.80 Å². The number of amides is 2. The van der Waals surface area contributed by atoms with Gasteiger partial charge in [-0.25, -0.2) is 0 Å². The summed E-state index contributed by atoms with van der Waals surface area (Å²) in [6.45, 7) is 7.24. The summed E-state index contributed by atoms with van der Waals surface area (Å²) < 4.78 is 0. The van der Waals surface area contributed by atoms with E-state index in [1.165, 1.54) is 10.4 Å². The van der Waals surface area contributed by atoms with Crippen LogP contribution in [0.2, 0.25) is 0 Å². The van der Waals surface area contributed by atoms with Crippen LogP contribution < -0.4 is 0 Å². The number of thiophene rings is 1. The molecule has 0 saturated heterocycles. The monoisotopic (exact) mass is 434 g/mol. The summed E-state index contributed by atoms with van der Waals surface area (Å²) in [6.07, 6.45) is 0.786. The van der Waals surface area contributed by atoms with Crippen molar-refractivity contribution in [2.24, 2.45) is 0 Å². The number of carbonyl (C=O) groups is 2. The van der Waals surface area contributed by atoms with Crippen molar-refractivity contribution < 1.29 is 9.59 Å². The van der Waals surface area contributed by atoms with E-state index in [1.807, 2.05) is 67.3 Å². The minimum Gasteiger partial charge on any atom is -0.332 e. The third kappa shape index (κ3) is 6.05. The second-order valence-corrected chi connectivity index (χ2v) is 8.82. The zero-order chi connectivity index (χ0) is 22.2. The molecule has 0 aliphatic carbocycles. The van der Waals surface area contributed by atoms with E-state index in [2.05, 4.69) is 18.4 Å². The molecule has 0 spiro atoms. The van der Waals surface area contributed by atoms with Gasteiger partial charge in [-0.15, -0.1) is 11.3 Å². The van der Waals surface area contributed by atoms with Gasteiger partial charge >= 0.3 is 0 Å². The summed E-state index contributed by atoms with van der Waals surface area (Å²) in [5, 5.41) is 2.06. The van der Waals surface area contributed by atoms with E-state index in [9.17, 15) is 9.59 Å². The van der Waals surface area contributed by atoms with E-state index in [0.29, 0.717) is 18.7 Å². The lowest BCUT2D eigenvalue weighted by atomic mass is 10.1. The molecule has 5 heteroatoms. The Morgan fingerprint density at radius 3 is 2.16 bits per heavy atom. The molecule has 2 aromatic carbocycles. The van der Waals surface area contributed by atoms with Gasteiger partial charge < -0.3 is 9.80 Å². The molecule has 3 rings (SSSR count). The number of carbonyl (C=O) groups excluding carboxylic acids is 2. The van der Waals surface area contributed by atoms with Gasteiger partial charge in [-0.3, -0.25) is 9.59 Å². The van der Waals surface area contributed by atoms with Crippen molar-refractivity contribution in [3.05, 3.63) is 93.7 Å². The molecule has 4 nitrogen and oxygen atoms in total. The maximum atomic E-state index is 13.5. The SMILES string of the molecule is CCC(C)N(CC(=O)N(Cc1ccccc1)Cc1sccc1C)C(=O)c1ccccc1. The number of hydrogen-bond acceptors (Lipinski definition) is 3. The normalized spacial score (nSPS) is 11.7.